The molecule has 0 aliphatic heterocycles. The van der Waals surface area contributed by atoms with Crippen LogP contribution < -0.4 is 5.32 Å². The molecule has 3 nitrogen and oxygen atoms in total. The highest BCUT2D eigenvalue weighted by molar-refractivity contribution is 5.59. The Hall–Kier alpha value is -1.72. The molecule has 0 bridgehead atoms. The second kappa shape index (κ2) is 7.51. The molecular weight excluding hydrogens is 288 g/mol. The highest BCUT2D eigenvalue weighted by Gasteiger charge is 2.14. The lowest BCUT2D eigenvalue weighted by Gasteiger charge is -2.13. The van der Waals surface area contributed by atoms with E-state index < -0.39 is 11.6 Å². The van der Waals surface area contributed by atoms with Crippen molar-refractivity contribution in [2.24, 2.45) is 5.92 Å². The predicted octanol–water partition coefficient (Wildman–Crippen LogP) is 3.72. The number of halogens is 2. The van der Waals surface area contributed by atoms with Gasteiger partial charge in [0.25, 0.3) is 0 Å². The lowest BCUT2D eigenvalue weighted by Crippen LogP contribution is -2.22. The molecule has 0 fully saturated rings. The number of aliphatic hydroxyl groups is 1. The number of hydrogen-bond acceptors (Lipinski definition) is 3. The van der Waals surface area contributed by atoms with E-state index in [1.807, 2.05) is 6.92 Å². The molecule has 0 radical (unpaired) electrons. The molecule has 0 aliphatic rings. The van der Waals surface area contributed by atoms with E-state index in [0.29, 0.717) is 18.2 Å². The van der Waals surface area contributed by atoms with Crippen LogP contribution in [0.25, 0.3) is 11.3 Å². The fourth-order valence-corrected chi connectivity index (χ4v) is 2.45. The molecule has 0 spiro atoms. The first-order valence-corrected chi connectivity index (χ1v) is 7.39. The Morgan fingerprint density at radius 3 is 2.45 bits per heavy atom. The summed E-state index contributed by atoms with van der Waals surface area (Å²) >= 11 is 0. The van der Waals surface area contributed by atoms with Gasteiger partial charge in [0.15, 0.2) is 0 Å². The third-order valence-electron chi connectivity index (χ3n) is 3.41. The van der Waals surface area contributed by atoms with Crippen molar-refractivity contribution in [3.8, 4) is 11.3 Å². The van der Waals surface area contributed by atoms with E-state index in [1.165, 1.54) is 18.2 Å². The average Bonchev–Trinajstić information content (AvgIpc) is 2.86. The Morgan fingerprint density at radius 2 is 1.82 bits per heavy atom. The monoisotopic (exact) mass is 309 g/mol. The van der Waals surface area contributed by atoms with Crippen molar-refractivity contribution >= 4 is 0 Å². The second-order valence-electron chi connectivity index (χ2n) is 5.68. The Morgan fingerprint density at radius 1 is 1.14 bits per heavy atom. The van der Waals surface area contributed by atoms with Crippen molar-refractivity contribution in [1.29, 1.82) is 0 Å². The van der Waals surface area contributed by atoms with Gasteiger partial charge >= 0.3 is 0 Å². The first-order chi connectivity index (χ1) is 10.5. The Labute approximate surface area is 129 Å². The van der Waals surface area contributed by atoms with Crippen LogP contribution in [0.1, 0.15) is 26.0 Å². The molecule has 0 amide bonds. The van der Waals surface area contributed by atoms with E-state index in [2.05, 4.69) is 5.32 Å². The molecule has 1 heterocycles. The largest absolute Gasteiger partial charge is 0.460 e. The van der Waals surface area contributed by atoms with Crippen molar-refractivity contribution in [2.45, 2.75) is 32.9 Å². The van der Waals surface area contributed by atoms with Crippen molar-refractivity contribution in [3.05, 3.63) is 47.7 Å². The van der Waals surface area contributed by atoms with Gasteiger partial charge in [-0.1, -0.05) is 13.0 Å². The Kier molecular flexibility index (Phi) is 5.69. The summed E-state index contributed by atoms with van der Waals surface area (Å²) in [6.45, 7) is 5.01. The fraction of sp³-hybridized carbons (Fsp3) is 0.412. The van der Waals surface area contributed by atoms with E-state index >= 15 is 0 Å². The molecule has 5 heteroatoms. The summed E-state index contributed by atoms with van der Waals surface area (Å²) in [5, 5.41) is 12.5. The average molecular weight is 309 g/mol. The smallest absolute Gasteiger partial charge is 0.140 e. The summed E-state index contributed by atoms with van der Waals surface area (Å²) in [6.07, 6.45) is 0.396. The van der Waals surface area contributed by atoms with E-state index in [0.717, 1.165) is 13.0 Å². The maximum Gasteiger partial charge on any atom is 0.140 e. The summed E-state index contributed by atoms with van der Waals surface area (Å²) in [5.74, 6) is -0.149. The molecular formula is C17H21F2NO2. The molecule has 1 aromatic carbocycles. The van der Waals surface area contributed by atoms with Crippen molar-refractivity contribution in [1.82, 2.24) is 5.32 Å². The Bertz CT molecular complexity index is 590. The molecule has 2 aromatic rings. The summed E-state index contributed by atoms with van der Waals surface area (Å²) in [7, 11) is 0. The summed E-state index contributed by atoms with van der Waals surface area (Å²) in [4.78, 5) is 0. The molecule has 22 heavy (non-hydrogen) atoms. The van der Waals surface area contributed by atoms with E-state index in [-0.39, 0.29) is 17.4 Å². The quantitative estimate of drug-likeness (QED) is 0.819. The summed E-state index contributed by atoms with van der Waals surface area (Å²) in [6, 6.07) is 7.00. The van der Waals surface area contributed by atoms with Crippen LogP contribution in [0.4, 0.5) is 8.78 Å². The topological polar surface area (TPSA) is 45.4 Å². The lowest BCUT2D eigenvalue weighted by molar-refractivity contribution is 0.163. The maximum atomic E-state index is 13.7. The van der Waals surface area contributed by atoms with Crippen LogP contribution in [0.5, 0.6) is 0 Å². The van der Waals surface area contributed by atoms with Gasteiger partial charge in [0.05, 0.1) is 18.2 Å². The van der Waals surface area contributed by atoms with Gasteiger partial charge in [0, 0.05) is 0 Å². The van der Waals surface area contributed by atoms with Gasteiger partial charge in [-0.15, -0.1) is 0 Å². The molecule has 2 unspecified atom stereocenters. The minimum absolute atomic E-state index is 0.142. The van der Waals surface area contributed by atoms with Gasteiger partial charge in [0.2, 0.25) is 0 Å². The van der Waals surface area contributed by atoms with Gasteiger partial charge < -0.3 is 14.8 Å². The minimum atomic E-state index is -0.639. The van der Waals surface area contributed by atoms with Crippen molar-refractivity contribution < 1.29 is 18.3 Å². The van der Waals surface area contributed by atoms with Gasteiger partial charge in [-0.25, -0.2) is 8.78 Å². The molecule has 0 aliphatic carbocycles. The highest BCUT2D eigenvalue weighted by Crippen LogP contribution is 2.27. The summed E-state index contributed by atoms with van der Waals surface area (Å²) in [5.41, 5.74) is -0.142. The SMILES string of the molecule is CC(O)CC(C)CNCc1ccc(-c2c(F)cccc2F)o1. The van der Waals surface area contributed by atoms with Crippen LogP contribution in [-0.2, 0) is 6.54 Å². The molecule has 2 rings (SSSR count). The van der Waals surface area contributed by atoms with Crippen LogP contribution >= 0.6 is 0 Å². The zero-order valence-corrected chi connectivity index (χ0v) is 12.8. The maximum absolute atomic E-state index is 13.7. The highest BCUT2D eigenvalue weighted by atomic mass is 19.1. The van der Waals surface area contributed by atoms with E-state index in [1.54, 1.807) is 19.1 Å². The second-order valence-corrected chi connectivity index (χ2v) is 5.68. The van der Waals surface area contributed by atoms with Crippen LogP contribution in [0.2, 0.25) is 0 Å². The summed E-state index contributed by atoms with van der Waals surface area (Å²) < 4.78 is 32.9. The number of nitrogens with one attached hydrogen (secondary N) is 1. The van der Waals surface area contributed by atoms with Crippen LogP contribution in [-0.4, -0.2) is 17.8 Å². The molecule has 0 saturated carbocycles. The third-order valence-corrected chi connectivity index (χ3v) is 3.41. The standard InChI is InChI=1S/C17H21F2NO2/c1-11(8-12(2)21)9-20-10-13-6-7-16(22-13)17-14(18)4-3-5-15(17)19/h3-7,11-12,20-21H,8-10H2,1-2H3. The first kappa shape index (κ1) is 16.6. The lowest BCUT2D eigenvalue weighted by atomic mass is 10.1. The molecule has 0 saturated heterocycles. The molecule has 2 atom stereocenters. The van der Waals surface area contributed by atoms with E-state index in [4.69, 9.17) is 4.42 Å². The number of hydrogen-bond donors (Lipinski definition) is 2. The van der Waals surface area contributed by atoms with Crippen molar-refractivity contribution in [2.75, 3.05) is 6.54 Å². The zero-order valence-electron chi connectivity index (χ0n) is 12.8. The number of rotatable bonds is 7. The minimum Gasteiger partial charge on any atom is -0.460 e. The molecule has 120 valence electrons. The van der Waals surface area contributed by atoms with Gasteiger partial charge in [-0.2, -0.15) is 0 Å². The fourth-order valence-electron chi connectivity index (χ4n) is 2.45. The zero-order chi connectivity index (χ0) is 16.1. The molecule has 2 N–H and O–H groups in total. The number of furan rings is 1. The van der Waals surface area contributed by atoms with Crippen LogP contribution in [0, 0.1) is 17.6 Å². The number of benzene rings is 1. The first-order valence-electron chi connectivity index (χ1n) is 7.39. The van der Waals surface area contributed by atoms with Gasteiger partial charge in [-0.3, -0.25) is 0 Å². The van der Waals surface area contributed by atoms with Crippen LogP contribution in [0.15, 0.2) is 34.7 Å². The Balaban J connectivity index is 1.95. The molecule has 1 aromatic heterocycles. The van der Waals surface area contributed by atoms with Crippen LogP contribution in [0.3, 0.4) is 0 Å². The predicted molar refractivity (Wildman–Crippen MR) is 81.2 cm³/mol. The van der Waals surface area contributed by atoms with Gasteiger partial charge in [-0.05, 0) is 50.1 Å². The normalized spacial score (nSPS) is 14.0. The van der Waals surface area contributed by atoms with Crippen molar-refractivity contribution in [3.63, 3.8) is 0 Å². The van der Waals surface area contributed by atoms with E-state index in [9.17, 15) is 13.9 Å². The third kappa shape index (κ3) is 4.39. The van der Waals surface area contributed by atoms with Gasteiger partial charge in [0.1, 0.15) is 23.2 Å². The number of aliphatic hydroxyl groups excluding tert-OH is 1.